The predicted molar refractivity (Wildman–Crippen MR) is 158 cm³/mol. The zero-order valence-corrected chi connectivity index (χ0v) is 24.9. The third-order valence-corrected chi connectivity index (χ3v) is 9.32. The summed E-state index contributed by atoms with van der Waals surface area (Å²) in [5.41, 5.74) is 4.87. The Kier molecular flexibility index (Phi) is 8.76. The van der Waals surface area contributed by atoms with Gasteiger partial charge < -0.3 is 24.2 Å². The van der Waals surface area contributed by atoms with Gasteiger partial charge in [0.15, 0.2) is 6.61 Å². The summed E-state index contributed by atoms with van der Waals surface area (Å²) in [6.07, 6.45) is 3.54. The van der Waals surface area contributed by atoms with Crippen LogP contribution in [0.1, 0.15) is 48.9 Å². The number of fused-ring (bicyclic) bond motifs is 1. The largest absolute Gasteiger partial charge is 0.495 e. The average Bonchev–Trinajstić information content (AvgIpc) is 2.97. The normalized spacial score (nSPS) is 21.7. The van der Waals surface area contributed by atoms with Crippen LogP contribution in [0.15, 0.2) is 30.3 Å². The molecule has 3 heterocycles. The third-order valence-electron chi connectivity index (χ3n) is 9.01. The topological polar surface area (TPSA) is 65.6 Å². The number of piperazine rings is 2. The first kappa shape index (κ1) is 28.6. The first-order valence-corrected chi connectivity index (χ1v) is 14.7. The lowest BCUT2D eigenvalue weighted by Crippen LogP contribution is -2.56. The molecule has 2 aromatic rings. The Morgan fingerprint density at radius 1 is 0.925 bits per heavy atom. The molecule has 2 amide bonds. The van der Waals surface area contributed by atoms with Gasteiger partial charge in [0, 0.05) is 76.6 Å². The summed E-state index contributed by atoms with van der Waals surface area (Å²) < 4.78 is 11.5. The van der Waals surface area contributed by atoms with Gasteiger partial charge in [-0.2, -0.15) is 0 Å². The maximum atomic E-state index is 12.8. The lowest BCUT2D eigenvalue weighted by Gasteiger charge is -2.49. The summed E-state index contributed by atoms with van der Waals surface area (Å²) in [7, 11) is 1.66. The molecule has 0 unspecified atom stereocenters. The molecule has 9 heteroatoms. The van der Waals surface area contributed by atoms with Crippen molar-refractivity contribution in [2.24, 2.45) is 0 Å². The van der Waals surface area contributed by atoms with E-state index in [0.29, 0.717) is 49.0 Å². The fraction of sp³-hybridized carbons (Fsp3) is 0.548. The lowest BCUT2D eigenvalue weighted by atomic mass is 9.86. The number of amides is 2. The molecule has 3 saturated heterocycles. The van der Waals surface area contributed by atoms with Crippen LogP contribution in [0.5, 0.6) is 11.5 Å². The molecule has 40 heavy (non-hydrogen) atoms. The second-order valence-electron chi connectivity index (χ2n) is 11.2. The molecule has 0 aromatic heterocycles. The van der Waals surface area contributed by atoms with E-state index in [2.05, 4.69) is 35.8 Å². The molecule has 0 aliphatic carbocycles. The smallest absolute Gasteiger partial charge is 0.260 e. The van der Waals surface area contributed by atoms with Gasteiger partial charge in [0.05, 0.1) is 12.1 Å². The molecule has 8 nitrogen and oxygen atoms in total. The summed E-state index contributed by atoms with van der Waals surface area (Å²) in [5.74, 6) is 1.51. The fourth-order valence-corrected chi connectivity index (χ4v) is 6.69. The number of benzene rings is 2. The van der Waals surface area contributed by atoms with Crippen molar-refractivity contribution in [2.75, 3.05) is 64.4 Å². The summed E-state index contributed by atoms with van der Waals surface area (Å²) in [5, 5.41) is 0.637. The number of hydrogen-bond acceptors (Lipinski definition) is 6. The number of carbonyl (C=O) groups excluding carboxylic acids is 2. The van der Waals surface area contributed by atoms with Crippen molar-refractivity contribution in [3.05, 3.63) is 52.0 Å². The van der Waals surface area contributed by atoms with E-state index in [9.17, 15) is 9.59 Å². The van der Waals surface area contributed by atoms with E-state index in [0.717, 1.165) is 43.1 Å². The molecule has 0 bridgehead atoms. The van der Waals surface area contributed by atoms with Crippen molar-refractivity contribution < 1.29 is 19.1 Å². The molecule has 0 N–H and O–H groups in total. The zero-order chi connectivity index (χ0) is 28.4. The molecule has 5 rings (SSSR count). The Bertz CT molecular complexity index is 1250. The number of halogens is 1. The molecule has 0 saturated carbocycles. The molecular formula is C31H41ClN4O4. The number of hydrogen-bond donors (Lipinski definition) is 0. The van der Waals surface area contributed by atoms with E-state index >= 15 is 0 Å². The second kappa shape index (κ2) is 12.3. The highest BCUT2D eigenvalue weighted by molar-refractivity contribution is 6.32. The molecule has 3 aliphatic rings. The van der Waals surface area contributed by atoms with Gasteiger partial charge in [-0.25, -0.2) is 0 Å². The van der Waals surface area contributed by atoms with Crippen LogP contribution in [-0.2, 0) is 9.59 Å². The Morgan fingerprint density at radius 3 is 2.40 bits per heavy atom. The van der Waals surface area contributed by atoms with Crippen LogP contribution in [0.4, 0.5) is 5.69 Å². The van der Waals surface area contributed by atoms with Gasteiger partial charge in [0.25, 0.3) is 5.91 Å². The van der Waals surface area contributed by atoms with Crippen molar-refractivity contribution in [2.45, 2.75) is 52.1 Å². The number of ether oxygens (including phenoxy) is 2. The molecule has 3 aliphatic heterocycles. The standard InChI is InChI=1S/C31H41ClN4O4/c1-21-22(2)29(40-20-31(38)34-14-12-33(13-15-34)23(3)37)11-9-26(21)28-7-5-6-25-19-35(16-17-36(25)28)24-8-10-27(32)30(18-24)39-4/h8-11,18,25,28H,5-7,12-17,19-20H2,1-4H3/t25-,28+/m0/s1. The van der Waals surface area contributed by atoms with E-state index in [1.807, 2.05) is 18.2 Å². The van der Waals surface area contributed by atoms with Crippen LogP contribution < -0.4 is 14.4 Å². The summed E-state index contributed by atoms with van der Waals surface area (Å²) >= 11 is 6.27. The van der Waals surface area contributed by atoms with E-state index in [4.69, 9.17) is 21.1 Å². The second-order valence-corrected chi connectivity index (χ2v) is 11.6. The Morgan fingerprint density at radius 2 is 1.68 bits per heavy atom. The third kappa shape index (κ3) is 5.88. The first-order valence-electron chi connectivity index (χ1n) is 14.4. The minimum absolute atomic E-state index is 0.0165. The summed E-state index contributed by atoms with van der Waals surface area (Å²) in [6.45, 7) is 11.1. The highest BCUT2D eigenvalue weighted by atomic mass is 35.5. The van der Waals surface area contributed by atoms with Crippen LogP contribution >= 0.6 is 11.6 Å². The van der Waals surface area contributed by atoms with E-state index in [1.54, 1.807) is 23.8 Å². The highest BCUT2D eigenvalue weighted by Gasteiger charge is 2.36. The number of rotatable bonds is 6. The Hall–Kier alpha value is -2.97. The predicted octanol–water partition coefficient (Wildman–Crippen LogP) is 4.45. The SMILES string of the molecule is COc1cc(N2CCN3[C@@H](CCC[C@@H]3c3ccc(OCC(=O)N4CCN(C(C)=O)CC4)c(C)c3C)C2)ccc1Cl. The monoisotopic (exact) mass is 568 g/mol. The fourth-order valence-electron chi connectivity index (χ4n) is 6.50. The number of methoxy groups -OCH3 is 1. The maximum Gasteiger partial charge on any atom is 0.260 e. The maximum absolute atomic E-state index is 12.8. The first-order chi connectivity index (χ1) is 19.3. The van der Waals surface area contributed by atoms with Gasteiger partial charge >= 0.3 is 0 Å². The average molecular weight is 569 g/mol. The van der Waals surface area contributed by atoms with Crippen molar-refractivity contribution in [1.29, 1.82) is 0 Å². The number of piperidine rings is 1. The van der Waals surface area contributed by atoms with Gasteiger partial charge in [-0.05, 0) is 68.0 Å². The van der Waals surface area contributed by atoms with E-state index in [1.165, 1.54) is 24.0 Å². The molecule has 0 radical (unpaired) electrons. The van der Waals surface area contributed by atoms with Crippen LogP contribution in [-0.4, -0.2) is 92.1 Å². The Balaban J connectivity index is 1.22. The quantitative estimate of drug-likeness (QED) is 0.513. The Labute approximate surface area is 242 Å². The van der Waals surface area contributed by atoms with E-state index in [-0.39, 0.29) is 18.4 Å². The lowest BCUT2D eigenvalue weighted by molar-refractivity contribution is -0.139. The van der Waals surface area contributed by atoms with Crippen LogP contribution in [0.25, 0.3) is 0 Å². The molecule has 216 valence electrons. The van der Waals surface area contributed by atoms with Gasteiger partial charge in [-0.1, -0.05) is 17.7 Å². The van der Waals surface area contributed by atoms with Crippen LogP contribution in [0, 0.1) is 13.8 Å². The van der Waals surface area contributed by atoms with Crippen molar-refractivity contribution in [3.63, 3.8) is 0 Å². The minimum atomic E-state index is -0.0318. The summed E-state index contributed by atoms with van der Waals surface area (Å²) in [6, 6.07) is 11.2. The van der Waals surface area contributed by atoms with E-state index < -0.39 is 0 Å². The van der Waals surface area contributed by atoms with Crippen molar-refractivity contribution in [1.82, 2.24) is 14.7 Å². The number of carbonyl (C=O) groups is 2. The number of nitrogens with zero attached hydrogens (tertiary/aromatic N) is 4. The summed E-state index contributed by atoms with van der Waals surface area (Å²) in [4.78, 5) is 33.1. The van der Waals surface area contributed by atoms with Gasteiger partial charge in [-0.15, -0.1) is 0 Å². The zero-order valence-electron chi connectivity index (χ0n) is 24.1. The minimum Gasteiger partial charge on any atom is -0.495 e. The molecule has 3 fully saturated rings. The highest BCUT2D eigenvalue weighted by Crippen LogP contribution is 2.40. The van der Waals surface area contributed by atoms with Crippen LogP contribution in [0.3, 0.4) is 0 Å². The van der Waals surface area contributed by atoms with Gasteiger partial charge in [0.2, 0.25) is 5.91 Å². The molecule has 0 spiro atoms. The van der Waals surface area contributed by atoms with Crippen molar-refractivity contribution in [3.8, 4) is 11.5 Å². The van der Waals surface area contributed by atoms with Crippen LogP contribution in [0.2, 0.25) is 5.02 Å². The van der Waals surface area contributed by atoms with Crippen molar-refractivity contribution >= 4 is 29.1 Å². The number of anilines is 1. The van der Waals surface area contributed by atoms with Gasteiger partial charge in [-0.3, -0.25) is 14.5 Å². The molecule has 2 atom stereocenters. The molecular weight excluding hydrogens is 528 g/mol. The molecule has 2 aromatic carbocycles. The van der Waals surface area contributed by atoms with Gasteiger partial charge in [0.1, 0.15) is 11.5 Å².